The third-order valence-corrected chi connectivity index (χ3v) is 5.85. The number of aryl methyl sites for hydroxylation is 2. The van der Waals surface area contributed by atoms with Gasteiger partial charge in [0.05, 0.1) is 16.2 Å². The fourth-order valence-electron chi connectivity index (χ4n) is 2.98. The predicted octanol–water partition coefficient (Wildman–Crippen LogP) is 2.49. The third-order valence-electron chi connectivity index (χ3n) is 4.45. The van der Waals surface area contributed by atoms with Crippen molar-refractivity contribution in [3.8, 4) is 0 Å². The van der Waals surface area contributed by atoms with E-state index in [4.69, 9.17) is 9.26 Å². The molecule has 0 spiro atoms. The van der Waals surface area contributed by atoms with Gasteiger partial charge in [0.15, 0.2) is 0 Å². The maximum Gasteiger partial charge on any atom is 0.331 e. The second-order valence-corrected chi connectivity index (χ2v) is 8.79. The minimum atomic E-state index is -3.67. The van der Waals surface area contributed by atoms with E-state index in [1.54, 1.807) is 32.0 Å². The van der Waals surface area contributed by atoms with Crippen LogP contribution in [0, 0.1) is 19.8 Å². The van der Waals surface area contributed by atoms with Crippen LogP contribution in [0.15, 0.2) is 38.7 Å². The van der Waals surface area contributed by atoms with Gasteiger partial charge in [-0.2, -0.15) is 0 Å². The van der Waals surface area contributed by atoms with E-state index >= 15 is 0 Å². The smallest absolute Gasteiger partial charge is 0.331 e. The average molecular weight is 405 g/mol. The van der Waals surface area contributed by atoms with Gasteiger partial charge in [0.25, 0.3) is 10.0 Å². The summed E-state index contributed by atoms with van der Waals surface area (Å²) in [5, 5.41) is 3.84. The summed E-state index contributed by atoms with van der Waals surface area (Å²) in [6.07, 6.45) is 0.424. The quantitative estimate of drug-likeness (QED) is 0.739. The number of carbonyl (C=O) groups is 1. The van der Waals surface area contributed by atoms with E-state index in [-0.39, 0.29) is 23.3 Å². The molecule has 2 heterocycles. The van der Waals surface area contributed by atoms with Crippen molar-refractivity contribution in [3.05, 3.63) is 46.8 Å². The molecule has 8 nitrogen and oxygen atoms in total. The second-order valence-electron chi connectivity index (χ2n) is 7.14. The van der Waals surface area contributed by atoms with Gasteiger partial charge in [0.2, 0.25) is 0 Å². The molecule has 1 aromatic carbocycles. The van der Waals surface area contributed by atoms with Crippen molar-refractivity contribution in [1.29, 1.82) is 0 Å². The summed E-state index contributed by atoms with van der Waals surface area (Å²) in [6, 6.07) is 5.71. The molecule has 1 unspecified atom stereocenters. The summed E-state index contributed by atoms with van der Waals surface area (Å²) in [5.41, 5.74) is 1.83. The van der Waals surface area contributed by atoms with Crippen molar-refractivity contribution < 1.29 is 22.5 Å². The lowest BCUT2D eigenvalue weighted by Gasteiger charge is -2.15. The molecule has 0 amide bonds. The summed E-state index contributed by atoms with van der Waals surface area (Å²) in [6.45, 7) is 7.47. The molecule has 0 radical (unpaired) electrons. The van der Waals surface area contributed by atoms with Crippen LogP contribution < -0.4 is 4.72 Å². The van der Waals surface area contributed by atoms with Gasteiger partial charge in [-0.1, -0.05) is 31.1 Å². The third kappa shape index (κ3) is 4.09. The number of aliphatic imine (C=N–C) groups is 1. The zero-order chi connectivity index (χ0) is 20.5. The Labute approximate surface area is 164 Å². The summed E-state index contributed by atoms with van der Waals surface area (Å²) in [5.74, 6) is 0.393. The number of hydrogen-bond donors (Lipinski definition) is 1. The molecule has 0 saturated heterocycles. The maximum atomic E-state index is 12.7. The molecule has 1 aliphatic rings. The van der Waals surface area contributed by atoms with Gasteiger partial charge in [0, 0.05) is 5.56 Å². The highest BCUT2D eigenvalue weighted by atomic mass is 32.2. The van der Waals surface area contributed by atoms with E-state index in [0.29, 0.717) is 23.4 Å². The number of amidine groups is 1. The first-order chi connectivity index (χ1) is 13.2. The lowest BCUT2D eigenvalue weighted by molar-refractivity contribution is -0.146. The largest absolute Gasteiger partial charge is 0.459 e. The standard InChI is InChI=1S/C19H23N3O5S/c1-11(2)9-16(19(23)26-10-15-12(3)21-27-13(15)4)20-18-14-7-5-6-8-17(14)28(24,25)22-18/h5-8,11,16H,9-10H2,1-4H3,(H,20,22). The minimum Gasteiger partial charge on any atom is -0.459 e. The van der Waals surface area contributed by atoms with Gasteiger partial charge in [-0.05, 0) is 38.3 Å². The molecule has 1 atom stereocenters. The number of sulfonamides is 1. The molecule has 150 valence electrons. The number of rotatable bonds is 6. The van der Waals surface area contributed by atoms with Crippen LogP contribution in [-0.2, 0) is 26.2 Å². The van der Waals surface area contributed by atoms with Crippen LogP contribution in [0.25, 0.3) is 0 Å². The Morgan fingerprint density at radius 2 is 2.00 bits per heavy atom. The molecule has 1 aromatic heterocycles. The molecule has 0 fully saturated rings. The van der Waals surface area contributed by atoms with Crippen LogP contribution in [-0.4, -0.2) is 31.4 Å². The number of nitrogens with zero attached hydrogens (tertiary/aromatic N) is 2. The fourth-order valence-corrected chi connectivity index (χ4v) is 4.22. The van der Waals surface area contributed by atoms with Crippen molar-refractivity contribution in [3.63, 3.8) is 0 Å². The van der Waals surface area contributed by atoms with Crippen molar-refractivity contribution >= 4 is 21.8 Å². The Hall–Kier alpha value is -2.68. The van der Waals surface area contributed by atoms with Crippen molar-refractivity contribution in [2.45, 2.75) is 51.7 Å². The molecular weight excluding hydrogens is 382 g/mol. The van der Waals surface area contributed by atoms with Crippen LogP contribution in [0.5, 0.6) is 0 Å². The monoisotopic (exact) mass is 405 g/mol. The molecule has 2 aromatic rings. The highest BCUT2D eigenvalue weighted by Gasteiger charge is 2.32. The van der Waals surface area contributed by atoms with Crippen LogP contribution in [0.2, 0.25) is 0 Å². The van der Waals surface area contributed by atoms with Crippen molar-refractivity contribution in [2.24, 2.45) is 10.9 Å². The first-order valence-electron chi connectivity index (χ1n) is 8.97. The van der Waals surface area contributed by atoms with Gasteiger partial charge in [-0.3, -0.25) is 9.71 Å². The molecule has 9 heteroatoms. The molecular formula is C19H23N3O5S. The van der Waals surface area contributed by atoms with Crippen LogP contribution >= 0.6 is 0 Å². The summed E-state index contributed by atoms with van der Waals surface area (Å²) < 4.78 is 37.5. The van der Waals surface area contributed by atoms with E-state index in [1.807, 2.05) is 13.8 Å². The maximum absolute atomic E-state index is 12.7. The number of ether oxygens (including phenoxy) is 1. The topological polar surface area (TPSA) is 111 Å². The Morgan fingerprint density at radius 1 is 1.29 bits per heavy atom. The Bertz CT molecular complexity index is 1000. The lowest BCUT2D eigenvalue weighted by atomic mass is 10.0. The van der Waals surface area contributed by atoms with Crippen molar-refractivity contribution in [1.82, 2.24) is 9.88 Å². The van der Waals surface area contributed by atoms with E-state index < -0.39 is 22.0 Å². The first-order valence-corrected chi connectivity index (χ1v) is 10.5. The highest BCUT2D eigenvalue weighted by Crippen LogP contribution is 2.24. The molecule has 0 bridgehead atoms. The fraction of sp³-hybridized carbons (Fsp3) is 0.421. The molecule has 0 aliphatic carbocycles. The lowest BCUT2D eigenvalue weighted by Crippen LogP contribution is -2.29. The SMILES string of the molecule is Cc1noc(C)c1COC(=O)C(CC(C)C)N=C1NS(=O)(=O)c2ccccc21. The van der Waals surface area contributed by atoms with E-state index in [9.17, 15) is 13.2 Å². The van der Waals surface area contributed by atoms with Crippen LogP contribution in [0.3, 0.4) is 0 Å². The molecule has 1 aliphatic heterocycles. The molecule has 3 rings (SSSR count). The van der Waals surface area contributed by atoms with E-state index in [0.717, 1.165) is 5.56 Å². The molecule has 0 saturated carbocycles. The number of carbonyl (C=O) groups excluding carboxylic acids is 1. The van der Waals surface area contributed by atoms with Gasteiger partial charge in [-0.25, -0.2) is 13.2 Å². The Balaban J connectivity index is 1.85. The van der Waals surface area contributed by atoms with Gasteiger partial charge >= 0.3 is 5.97 Å². The normalized spacial score (nSPS) is 17.4. The summed E-state index contributed by atoms with van der Waals surface area (Å²) in [4.78, 5) is 17.3. The zero-order valence-corrected chi connectivity index (χ0v) is 17.0. The van der Waals surface area contributed by atoms with Crippen LogP contribution in [0.4, 0.5) is 0 Å². The summed E-state index contributed by atoms with van der Waals surface area (Å²) in [7, 11) is -3.67. The Morgan fingerprint density at radius 3 is 2.64 bits per heavy atom. The highest BCUT2D eigenvalue weighted by molar-refractivity contribution is 7.90. The number of fused-ring (bicyclic) bond motifs is 1. The van der Waals surface area contributed by atoms with E-state index in [2.05, 4.69) is 14.9 Å². The predicted molar refractivity (Wildman–Crippen MR) is 102 cm³/mol. The zero-order valence-electron chi connectivity index (χ0n) is 16.2. The second kappa shape index (κ2) is 7.75. The van der Waals surface area contributed by atoms with E-state index in [1.165, 1.54) is 6.07 Å². The number of aromatic nitrogens is 1. The number of benzene rings is 1. The average Bonchev–Trinajstić information content (AvgIpc) is 3.08. The number of hydrogen-bond acceptors (Lipinski definition) is 7. The summed E-state index contributed by atoms with van der Waals surface area (Å²) >= 11 is 0. The first kappa shape index (κ1) is 20.1. The van der Waals surface area contributed by atoms with Gasteiger partial charge in [0.1, 0.15) is 24.2 Å². The van der Waals surface area contributed by atoms with Gasteiger partial charge < -0.3 is 9.26 Å². The van der Waals surface area contributed by atoms with Gasteiger partial charge in [-0.15, -0.1) is 0 Å². The molecule has 1 N–H and O–H groups in total. The molecule has 28 heavy (non-hydrogen) atoms. The number of nitrogens with one attached hydrogen (secondary N) is 1. The van der Waals surface area contributed by atoms with Crippen molar-refractivity contribution in [2.75, 3.05) is 0 Å². The Kier molecular flexibility index (Phi) is 5.55. The minimum absolute atomic E-state index is 0.0295. The van der Waals surface area contributed by atoms with Crippen LogP contribution in [0.1, 0.15) is 42.8 Å². The number of esters is 1.